The highest BCUT2D eigenvalue weighted by Gasteiger charge is 2.10. The molecule has 72 valence electrons. The molecule has 0 radical (unpaired) electrons. The molecule has 0 aromatic rings. The largest absolute Gasteiger partial charge is 0.320 e. The molecular weight excluding hydrogens is 156 g/mol. The second kappa shape index (κ2) is 7.06. The van der Waals surface area contributed by atoms with Crippen LogP contribution in [0.4, 0.5) is 0 Å². The van der Waals surface area contributed by atoms with Crippen molar-refractivity contribution in [3.63, 3.8) is 0 Å². The number of rotatable bonds is 6. The molecule has 0 rings (SSSR count). The molecule has 0 saturated carbocycles. The van der Waals surface area contributed by atoms with Gasteiger partial charge in [-0.2, -0.15) is 0 Å². The molecule has 0 aliphatic carbocycles. The first-order chi connectivity index (χ1) is 5.72. The van der Waals surface area contributed by atoms with E-state index in [1.807, 2.05) is 0 Å². The molecule has 0 unspecified atom stereocenters. The fourth-order valence-corrected chi connectivity index (χ4v) is 1.01. The predicted molar refractivity (Wildman–Crippen MR) is 46.7 cm³/mol. The lowest BCUT2D eigenvalue weighted by Gasteiger charge is -2.07. The normalized spacial score (nSPS) is 12.6. The number of amides is 1. The highest BCUT2D eigenvalue weighted by atomic mass is 16.5. The van der Waals surface area contributed by atoms with Crippen molar-refractivity contribution in [2.75, 3.05) is 0 Å². The lowest BCUT2D eigenvalue weighted by Crippen LogP contribution is -2.38. The van der Waals surface area contributed by atoms with E-state index in [9.17, 15) is 4.79 Å². The van der Waals surface area contributed by atoms with Crippen molar-refractivity contribution in [2.24, 2.45) is 5.73 Å². The first kappa shape index (κ1) is 11.4. The Morgan fingerprint density at radius 2 is 2.17 bits per heavy atom. The Bertz CT molecular complexity index is 128. The molecule has 0 fully saturated rings. The minimum absolute atomic E-state index is 0.494. The fourth-order valence-electron chi connectivity index (χ4n) is 1.01. The molecule has 1 amide bonds. The van der Waals surface area contributed by atoms with Gasteiger partial charge in [-0.1, -0.05) is 32.6 Å². The summed E-state index contributed by atoms with van der Waals surface area (Å²) < 4.78 is 0. The Kier molecular flexibility index (Phi) is 6.70. The maximum absolute atomic E-state index is 10.7. The van der Waals surface area contributed by atoms with E-state index >= 15 is 0 Å². The monoisotopic (exact) mass is 174 g/mol. The van der Waals surface area contributed by atoms with Crippen molar-refractivity contribution in [2.45, 2.75) is 45.1 Å². The van der Waals surface area contributed by atoms with Gasteiger partial charge < -0.3 is 5.73 Å². The summed E-state index contributed by atoms with van der Waals surface area (Å²) in [7, 11) is 0. The minimum Gasteiger partial charge on any atom is -0.320 e. The van der Waals surface area contributed by atoms with Gasteiger partial charge in [0.15, 0.2) is 0 Å². The van der Waals surface area contributed by atoms with Crippen LogP contribution in [0.1, 0.15) is 39.0 Å². The van der Waals surface area contributed by atoms with Crippen molar-refractivity contribution in [1.29, 1.82) is 0 Å². The summed E-state index contributed by atoms with van der Waals surface area (Å²) >= 11 is 0. The van der Waals surface area contributed by atoms with E-state index in [2.05, 4.69) is 6.92 Å². The van der Waals surface area contributed by atoms with Crippen LogP contribution in [0.2, 0.25) is 0 Å². The van der Waals surface area contributed by atoms with E-state index in [0.717, 1.165) is 12.8 Å². The summed E-state index contributed by atoms with van der Waals surface area (Å²) in [5.41, 5.74) is 6.98. The first-order valence-corrected chi connectivity index (χ1v) is 4.42. The number of hydroxylamine groups is 1. The van der Waals surface area contributed by atoms with Crippen molar-refractivity contribution in [3.8, 4) is 0 Å². The van der Waals surface area contributed by atoms with E-state index in [0.29, 0.717) is 6.42 Å². The van der Waals surface area contributed by atoms with Gasteiger partial charge >= 0.3 is 0 Å². The highest BCUT2D eigenvalue weighted by molar-refractivity contribution is 5.80. The third kappa shape index (κ3) is 5.09. The zero-order valence-electron chi connectivity index (χ0n) is 7.55. The zero-order chi connectivity index (χ0) is 9.40. The van der Waals surface area contributed by atoms with E-state index in [1.165, 1.54) is 12.8 Å². The Morgan fingerprint density at radius 3 is 2.67 bits per heavy atom. The quantitative estimate of drug-likeness (QED) is 0.316. The van der Waals surface area contributed by atoms with Crippen LogP contribution in [0.15, 0.2) is 0 Å². The van der Waals surface area contributed by atoms with Crippen LogP contribution >= 0.6 is 0 Å². The topological polar surface area (TPSA) is 75.4 Å². The van der Waals surface area contributed by atoms with Crippen molar-refractivity contribution < 1.29 is 10.0 Å². The lowest BCUT2D eigenvalue weighted by atomic mass is 10.1. The van der Waals surface area contributed by atoms with Crippen LogP contribution < -0.4 is 11.2 Å². The van der Waals surface area contributed by atoms with Crippen LogP contribution in [-0.2, 0) is 4.79 Å². The van der Waals surface area contributed by atoms with Crippen LogP contribution in [0.25, 0.3) is 0 Å². The van der Waals surface area contributed by atoms with Gasteiger partial charge in [-0.05, 0) is 6.42 Å². The Balaban J connectivity index is 3.31. The van der Waals surface area contributed by atoms with E-state index < -0.39 is 11.9 Å². The fraction of sp³-hybridized carbons (Fsp3) is 0.875. The minimum atomic E-state index is -0.563. The second-order valence-corrected chi connectivity index (χ2v) is 2.93. The molecule has 0 aromatic carbocycles. The standard InChI is InChI=1S/C8H18N2O2/c1-2-3-4-5-6-7(9)8(11)10-12/h7,12H,2-6,9H2,1H3,(H,10,11)/t7-/m0/s1. The average Bonchev–Trinajstić information content (AvgIpc) is 2.10. The van der Waals surface area contributed by atoms with Crippen LogP contribution in [0, 0.1) is 0 Å². The summed E-state index contributed by atoms with van der Waals surface area (Å²) in [4.78, 5) is 10.7. The highest BCUT2D eigenvalue weighted by Crippen LogP contribution is 2.03. The lowest BCUT2D eigenvalue weighted by molar-refractivity contribution is -0.130. The van der Waals surface area contributed by atoms with Crippen LogP contribution in [0.3, 0.4) is 0 Å². The molecule has 4 N–H and O–H groups in total. The summed E-state index contributed by atoms with van der Waals surface area (Å²) in [5.74, 6) is -0.494. The molecule has 0 saturated heterocycles. The molecule has 12 heavy (non-hydrogen) atoms. The van der Waals surface area contributed by atoms with Gasteiger partial charge in [-0.3, -0.25) is 10.0 Å². The van der Waals surface area contributed by atoms with Crippen LogP contribution in [-0.4, -0.2) is 17.2 Å². The molecule has 0 aliphatic rings. The summed E-state index contributed by atoms with van der Waals surface area (Å²) in [6.07, 6.45) is 5.03. The third-order valence-corrected chi connectivity index (χ3v) is 1.82. The summed E-state index contributed by atoms with van der Waals surface area (Å²) in [6, 6.07) is -0.563. The second-order valence-electron chi connectivity index (χ2n) is 2.93. The number of carbonyl (C=O) groups excluding carboxylic acids is 1. The number of unbranched alkanes of at least 4 members (excludes halogenated alkanes) is 3. The van der Waals surface area contributed by atoms with Crippen molar-refractivity contribution >= 4 is 5.91 Å². The van der Waals surface area contributed by atoms with Gasteiger partial charge in [-0.25, -0.2) is 5.48 Å². The molecule has 0 aromatic heterocycles. The van der Waals surface area contributed by atoms with Gasteiger partial charge in [0.05, 0.1) is 6.04 Å². The Morgan fingerprint density at radius 1 is 1.50 bits per heavy atom. The first-order valence-electron chi connectivity index (χ1n) is 4.42. The van der Waals surface area contributed by atoms with Gasteiger partial charge in [0.25, 0.3) is 5.91 Å². The van der Waals surface area contributed by atoms with Gasteiger partial charge in [0, 0.05) is 0 Å². The van der Waals surface area contributed by atoms with Gasteiger partial charge in [0.1, 0.15) is 0 Å². The number of carbonyl (C=O) groups is 1. The number of hydrogen-bond donors (Lipinski definition) is 3. The number of hydrogen-bond acceptors (Lipinski definition) is 3. The molecule has 0 spiro atoms. The Hall–Kier alpha value is -0.610. The molecule has 4 heteroatoms. The number of nitrogens with two attached hydrogens (primary N) is 1. The average molecular weight is 174 g/mol. The van der Waals surface area contributed by atoms with E-state index in [4.69, 9.17) is 10.9 Å². The molecule has 4 nitrogen and oxygen atoms in total. The SMILES string of the molecule is CCCCCC[C@H](N)C(=O)NO. The number of nitrogens with one attached hydrogen (secondary N) is 1. The molecule has 1 atom stereocenters. The smallest absolute Gasteiger partial charge is 0.260 e. The maximum Gasteiger partial charge on any atom is 0.260 e. The molecule has 0 aliphatic heterocycles. The van der Waals surface area contributed by atoms with E-state index in [-0.39, 0.29) is 0 Å². The van der Waals surface area contributed by atoms with Gasteiger partial charge in [-0.15, -0.1) is 0 Å². The zero-order valence-corrected chi connectivity index (χ0v) is 7.55. The molecular formula is C8H18N2O2. The third-order valence-electron chi connectivity index (χ3n) is 1.82. The summed E-state index contributed by atoms with van der Waals surface area (Å²) in [5, 5.41) is 8.23. The maximum atomic E-state index is 10.7. The Labute approximate surface area is 73.1 Å². The van der Waals surface area contributed by atoms with Crippen molar-refractivity contribution in [3.05, 3.63) is 0 Å². The van der Waals surface area contributed by atoms with Gasteiger partial charge in [0.2, 0.25) is 0 Å². The predicted octanol–water partition coefficient (Wildman–Crippen LogP) is 0.790. The van der Waals surface area contributed by atoms with Crippen molar-refractivity contribution in [1.82, 2.24) is 5.48 Å². The van der Waals surface area contributed by atoms with Crippen LogP contribution in [0.5, 0.6) is 0 Å². The van der Waals surface area contributed by atoms with E-state index in [1.54, 1.807) is 5.48 Å². The molecule has 0 bridgehead atoms. The summed E-state index contributed by atoms with van der Waals surface area (Å²) in [6.45, 7) is 2.13. The molecule has 0 heterocycles.